The number of nitrogen functional groups attached to an aromatic ring is 1. The zero-order valence-corrected chi connectivity index (χ0v) is 21.4. The van der Waals surface area contributed by atoms with E-state index in [-0.39, 0.29) is 27.6 Å². The minimum atomic E-state index is -0.716. The van der Waals surface area contributed by atoms with Gasteiger partial charge in [-0.25, -0.2) is 14.2 Å². The van der Waals surface area contributed by atoms with Crippen LogP contribution in [0.15, 0.2) is 35.1 Å². The van der Waals surface area contributed by atoms with E-state index in [0.717, 1.165) is 42.5 Å². The smallest absolute Gasteiger partial charge is 0.320 e. The molecule has 0 saturated carbocycles. The Kier molecular flexibility index (Phi) is 6.99. The maximum atomic E-state index is 14.0. The first-order valence-corrected chi connectivity index (χ1v) is 12.8. The zero-order chi connectivity index (χ0) is 25.4. The number of fused-ring (bicyclic) bond motifs is 1. The lowest BCUT2D eigenvalue weighted by atomic mass is 9.99. The number of amides is 2. The molecule has 2 N–H and O–H groups in total. The maximum Gasteiger partial charge on any atom is 0.320 e. The van der Waals surface area contributed by atoms with Gasteiger partial charge in [0.25, 0.3) is 0 Å². The molecule has 0 spiro atoms. The maximum absolute atomic E-state index is 14.0. The van der Waals surface area contributed by atoms with Crippen LogP contribution in [0.2, 0.25) is 10.0 Å². The van der Waals surface area contributed by atoms with E-state index >= 15 is 0 Å². The number of urea groups is 1. The summed E-state index contributed by atoms with van der Waals surface area (Å²) in [6.07, 6.45) is 8.66. The molecule has 10 heteroatoms. The highest BCUT2D eigenvalue weighted by Gasteiger charge is 2.27. The van der Waals surface area contributed by atoms with Gasteiger partial charge in [0.15, 0.2) is 11.4 Å². The molecule has 36 heavy (non-hydrogen) atoms. The lowest BCUT2D eigenvalue weighted by molar-refractivity contribution is 0.148. The van der Waals surface area contributed by atoms with E-state index in [2.05, 4.69) is 11.1 Å². The van der Waals surface area contributed by atoms with Crippen molar-refractivity contribution in [3.05, 3.63) is 57.7 Å². The van der Waals surface area contributed by atoms with Gasteiger partial charge in [-0.05, 0) is 50.3 Å². The van der Waals surface area contributed by atoms with Gasteiger partial charge in [-0.2, -0.15) is 0 Å². The van der Waals surface area contributed by atoms with Crippen molar-refractivity contribution in [2.45, 2.75) is 38.7 Å². The molecule has 7 nitrogen and oxygen atoms in total. The summed E-state index contributed by atoms with van der Waals surface area (Å²) in [5.74, 6) is -0.219. The number of nitrogens with two attached hydrogens (primary N) is 1. The number of hydrogen-bond acceptors (Lipinski definition) is 5. The Morgan fingerprint density at radius 1 is 1.19 bits per heavy atom. The number of rotatable bonds is 4. The Balaban J connectivity index is 1.39. The normalized spacial score (nSPS) is 17.3. The van der Waals surface area contributed by atoms with Crippen LogP contribution < -0.4 is 10.5 Å². The Morgan fingerprint density at radius 2 is 1.97 bits per heavy atom. The standard InChI is InChI=1S/C26H27Cl2FN4O3/c1-15(21-19(27)5-6-20(29)22(21)28)36-24-23-17(13-31-25(24)30)18(14-35-23)16-7-11-33(12-8-16)26(34)32-9-3-2-4-10-32/h5-7,13-15H,2-4,8-12H2,1H3,(H2,30,31)/t15-/m1/s1. The third kappa shape index (κ3) is 4.60. The molecule has 0 aliphatic carbocycles. The molecular weight excluding hydrogens is 506 g/mol. The molecular formula is C26H27Cl2FN4O3. The van der Waals surface area contributed by atoms with Crippen molar-refractivity contribution in [3.8, 4) is 5.75 Å². The number of pyridine rings is 1. The number of piperidine rings is 1. The molecule has 1 aromatic carbocycles. The van der Waals surface area contributed by atoms with E-state index in [0.29, 0.717) is 30.7 Å². The van der Waals surface area contributed by atoms with E-state index in [1.807, 2.05) is 9.80 Å². The summed E-state index contributed by atoms with van der Waals surface area (Å²) in [4.78, 5) is 21.0. The van der Waals surface area contributed by atoms with E-state index in [9.17, 15) is 9.18 Å². The van der Waals surface area contributed by atoms with Crippen molar-refractivity contribution >= 4 is 51.6 Å². The molecule has 1 atom stereocenters. The first kappa shape index (κ1) is 24.7. The van der Waals surface area contributed by atoms with Gasteiger partial charge in [0.1, 0.15) is 11.9 Å². The number of benzene rings is 1. The van der Waals surface area contributed by atoms with Gasteiger partial charge in [-0.3, -0.25) is 0 Å². The third-order valence-electron chi connectivity index (χ3n) is 6.83. The second kappa shape index (κ2) is 10.2. The van der Waals surface area contributed by atoms with Crippen LogP contribution in [0.5, 0.6) is 5.75 Å². The van der Waals surface area contributed by atoms with E-state index in [1.54, 1.807) is 19.4 Å². The summed E-state index contributed by atoms with van der Waals surface area (Å²) in [6.45, 7) is 4.54. The van der Waals surface area contributed by atoms with Crippen LogP contribution in [0, 0.1) is 5.82 Å². The predicted octanol–water partition coefficient (Wildman–Crippen LogP) is 6.69. The minimum absolute atomic E-state index is 0.107. The number of carbonyl (C=O) groups excluding carboxylic acids is 1. The molecule has 4 heterocycles. The topological polar surface area (TPSA) is 84.8 Å². The van der Waals surface area contributed by atoms with Crippen LogP contribution in [0.25, 0.3) is 16.5 Å². The average molecular weight is 533 g/mol. The number of likely N-dealkylation sites (tertiary alicyclic amines) is 1. The number of ether oxygens (including phenoxy) is 1. The summed E-state index contributed by atoms with van der Waals surface area (Å²) < 4.78 is 26.0. The van der Waals surface area contributed by atoms with Crippen molar-refractivity contribution in [1.82, 2.24) is 14.8 Å². The third-order valence-corrected chi connectivity index (χ3v) is 7.55. The Bertz CT molecular complexity index is 1340. The van der Waals surface area contributed by atoms with Crippen LogP contribution in [0.1, 0.15) is 49.8 Å². The van der Waals surface area contributed by atoms with Crippen molar-refractivity contribution in [2.24, 2.45) is 0 Å². The van der Waals surface area contributed by atoms with Crippen LogP contribution in [-0.4, -0.2) is 47.0 Å². The molecule has 1 fully saturated rings. The highest BCUT2D eigenvalue weighted by molar-refractivity contribution is 6.36. The Labute approximate surface area is 218 Å². The molecule has 5 rings (SSSR count). The lowest BCUT2D eigenvalue weighted by Crippen LogP contribution is -2.46. The van der Waals surface area contributed by atoms with Crippen molar-refractivity contribution in [2.75, 3.05) is 31.9 Å². The fraction of sp³-hybridized carbons (Fsp3) is 0.385. The largest absolute Gasteiger partial charge is 0.478 e. The number of carbonyl (C=O) groups is 1. The van der Waals surface area contributed by atoms with Crippen LogP contribution >= 0.6 is 23.2 Å². The van der Waals surface area contributed by atoms with Gasteiger partial charge in [-0.15, -0.1) is 0 Å². The monoisotopic (exact) mass is 532 g/mol. The molecule has 2 aliphatic rings. The molecule has 1 saturated heterocycles. The number of nitrogens with zero attached hydrogens (tertiary/aromatic N) is 3. The number of hydrogen-bond donors (Lipinski definition) is 1. The molecule has 2 aliphatic heterocycles. The van der Waals surface area contributed by atoms with Gasteiger partial charge in [0.05, 0.1) is 16.7 Å². The SMILES string of the molecule is C[C@@H](Oc1c(N)ncc2c(C3=CCN(C(=O)N4CCCCC4)CC3)coc12)c1c(Cl)ccc(F)c1Cl. The quantitative estimate of drug-likeness (QED) is 0.378. The van der Waals surface area contributed by atoms with Gasteiger partial charge >= 0.3 is 6.03 Å². The highest BCUT2D eigenvalue weighted by Crippen LogP contribution is 2.41. The molecule has 0 bridgehead atoms. The summed E-state index contributed by atoms with van der Waals surface area (Å²) in [5, 5.41) is 0.915. The minimum Gasteiger partial charge on any atom is -0.478 e. The zero-order valence-electron chi connectivity index (χ0n) is 19.9. The molecule has 0 radical (unpaired) electrons. The van der Waals surface area contributed by atoms with E-state index < -0.39 is 11.9 Å². The predicted molar refractivity (Wildman–Crippen MR) is 139 cm³/mol. The Hall–Kier alpha value is -2.97. The first-order valence-electron chi connectivity index (χ1n) is 12.0. The lowest BCUT2D eigenvalue weighted by Gasteiger charge is -2.34. The van der Waals surface area contributed by atoms with Gasteiger partial charge in [-0.1, -0.05) is 29.3 Å². The van der Waals surface area contributed by atoms with Crippen LogP contribution in [0.4, 0.5) is 15.0 Å². The Morgan fingerprint density at radius 3 is 2.69 bits per heavy atom. The fourth-order valence-corrected chi connectivity index (χ4v) is 5.54. The van der Waals surface area contributed by atoms with Crippen LogP contribution in [0.3, 0.4) is 0 Å². The number of halogens is 3. The first-order chi connectivity index (χ1) is 17.3. The van der Waals surface area contributed by atoms with Crippen LogP contribution in [-0.2, 0) is 0 Å². The summed E-state index contributed by atoms with van der Waals surface area (Å²) in [6, 6.07) is 2.74. The summed E-state index contributed by atoms with van der Waals surface area (Å²) in [5.41, 5.74) is 8.82. The average Bonchev–Trinajstić information content (AvgIpc) is 3.33. The van der Waals surface area contributed by atoms with Gasteiger partial charge in [0, 0.05) is 48.5 Å². The van der Waals surface area contributed by atoms with Gasteiger partial charge < -0.3 is 24.7 Å². The summed E-state index contributed by atoms with van der Waals surface area (Å²) in [7, 11) is 0. The molecule has 3 aromatic rings. The highest BCUT2D eigenvalue weighted by atomic mass is 35.5. The van der Waals surface area contributed by atoms with E-state index in [4.69, 9.17) is 38.1 Å². The molecule has 190 valence electrons. The summed E-state index contributed by atoms with van der Waals surface area (Å²) >= 11 is 12.4. The molecule has 0 unspecified atom stereocenters. The van der Waals surface area contributed by atoms with Crippen molar-refractivity contribution < 1.29 is 18.3 Å². The number of anilines is 1. The van der Waals surface area contributed by atoms with Crippen molar-refractivity contribution in [1.29, 1.82) is 0 Å². The molecule has 2 aromatic heterocycles. The van der Waals surface area contributed by atoms with E-state index in [1.165, 1.54) is 18.6 Å². The number of furan rings is 1. The molecule has 2 amide bonds. The fourth-order valence-electron chi connectivity index (χ4n) is 4.87. The van der Waals surface area contributed by atoms with Crippen molar-refractivity contribution in [3.63, 3.8) is 0 Å². The second-order valence-electron chi connectivity index (χ2n) is 9.14. The number of aromatic nitrogens is 1. The second-order valence-corrected chi connectivity index (χ2v) is 9.92. The van der Waals surface area contributed by atoms with Gasteiger partial charge in [0.2, 0.25) is 5.75 Å².